The van der Waals surface area contributed by atoms with E-state index in [-0.39, 0.29) is 0 Å². The van der Waals surface area contributed by atoms with Crippen molar-refractivity contribution >= 4 is 5.78 Å². The first-order valence-electron chi connectivity index (χ1n) is 4.87. The lowest BCUT2D eigenvalue weighted by Crippen LogP contribution is -2.33. The molecule has 4 aliphatic rings. The molecule has 0 aromatic heterocycles. The third-order valence-electron chi connectivity index (χ3n) is 4.13. The van der Waals surface area contributed by atoms with E-state index in [2.05, 4.69) is 0 Å². The standard InChI is InChI=1S/C10H14O/c11-10-5-7-3-6-1-2-8(7)9(10)4-6/h6-9H,1-5H2/t6-,7?,8-,9?/m0/s1. The minimum absolute atomic E-state index is 0.521. The lowest BCUT2D eigenvalue weighted by atomic mass is 9.64. The summed E-state index contributed by atoms with van der Waals surface area (Å²) in [5.41, 5.74) is 0. The predicted molar refractivity (Wildman–Crippen MR) is 42.1 cm³/mol. The van der Waals surface area contributed by atoms with Gasteiger partial charge >= 0.3 is 0 Å². The topological polar surface area (TPSA) is 17.1 Å². The smallest absolute Gasteiger partial charge is 0.136 e. The molecule has 4 aliphatic carbocycles. The number of Topliss-reactive ketones (excluding diaryl/α,β-unsaturated/α-hetero) is 1. The summed E-state index contributed by atoms with van der Waals surface area (Å²) in [6.45, 7) is 0. The highest BCUT2D eigenvalue weighted by Crippen LogP contribution is 2.54. The van der Waals surface area contributed by atoms with Gasteiger partial charge in [-0.15, -0.1) is 0 Å². The average Bonchev–Trinajstić information content (AvgIpc) is 2.25. The van der Waals surface area contributed by atoms with Gasteiger partial charge in [0.2, 0.25) is 0 Å². The minimum atomic E-state index is 0.521. The second-order valence-corrected chi connectivity index (χ2v) is 4.62. The molecule has 1 heteroatoms. The molecular formula is C10H14O. The third kappa shape index (κ3) is 0.692. The first-order valence-corrected chi connectivity index (χ1v) is 4.87. The highest BCUT2D eigenvalue weighted by molar-refractivity contribution is 5.84. The van der Waals surface area contributed by atoms with Gasteiger partial charge in [-0.1, -0.05) is 6.42 Å². The van der Waals surface area contributed by atoms with Crippen molar-refractivity contribution in [1.82, 2.24) is 0 Å². The van der Waals surface area contributed by atoms with Gasteiger partial charge in [0.1, 0.15) is 5.78 Å². The summed E-state index contributed by atoms with van der Waals surface area (Å²) in [7, 11) is 0. The van der Waals surface area contributed by atoms with E-state index in [9.17, 15) is 4.79 Å². The normalized spacial score (nSPS) is 53.6. The zero-order valence-electron chi connectivity index (χ0n) is 6.75. The fourth-order valence-corrected chi connectivity index (χ4v) is 3.68. The van der Waals surface area contributed by atoms with Crippen molar-refractivity contribution < 1.29 is 4.79 Å². The number of hydrogen-bond donors (Lipinski definition) is 0. The number of hydrogen-bond acceptors (Lipinski definition) is 1. The van der Waals surface area contributed by atoms with Gasteiger partial charge in [0, 0.05) is 12.3 Å². The van der Waals surface area contributed by atoms with Crippen LogP contribution in [0.3, 0.4) is 0 Å². The first-order chi connectivity index (χ1) is 5.34. The third-order valence-corrected chi connectivity index (χ3v) is 4.13. The zero-order valence-corrected chi connectivity index (χ0v) is 6.75. The van der Waals surface area contributed by atoms with Gasteiger partial charge in [0.25, 0.3) is 0 Å². The Morgan fingerprint density at radius 3 is 2.73 bits per heavy atom. The Morgan fingerprint density at radius 1 is 1.18 bits per heavy atom. The van der Waals surface area contributed by atoms with Crippen molar-refractivity contribution in [3.05, 3.63) is 0 Å². The molecule has 4 fully saturated rings. The number of carbonyl (C=O) groups is 1. The van der Waals surface area contributed by atoms with E-state index in [4.69, 9.17) is 0 Å². The highest BCUT2D eigenvalue weighted by Gasteiger charge is 2.50. The highest BCUT2D eigenvalue weighted by atomic mass is 16.1. The molecule has 2 unspecified atom stereocenters. The summed E-state index contributed by atoms with van der Waals surface area (Å²) in [4.78, 5) is 11.4. The van der Waals surface area contributed by atoms with Gasteiger partial charge in [0.05, 0.1) is 0 Å². The second-order valence-electron chi connectivity index (χ2n) is 4.62. The van der Waals surface area contributed by atoms with E-state index in [1.807, 2.05) is 0 Å². The maximum Gasteiger partial charge on any atom is 0.136 e. The predicted octanol–water partition coefficient (Wildman–Crippen LogP) is 2.01. The van der Waals surface area contributed by atoms with Crippen molar-refractivity contribution in [3.8, 4) is 0 Å². The molecule has 60 valence electrons. The maximum atomic E-state index is 11.4. The van der Waals surface area contributed by atoms with Crippen molar-refractivity contribution in [2.45, 2.75) is 32.1 Å². The van der Waals surface area contributed by atoms with E-state index in [1.54, 1.807) is 0 Å². The van der Waals surface area contributed by atoms with Crippen LogP contribution in [-0.2, 0) is 4.79 Å². The van der Waals surface area contributed by atoms with Crippen molar-refractivity contribution in [2.75, 3.05) is 0 Å². The Morgan fingerprint density at radius 2 is 2.09 bits per heavy atom. The Kier molecular flexibility index (Phi) is 1.06. The molecule has 4 atom stereocenters. The zero-order chi connectivity index (χ0) is 7.42. The largest absolute Gasteiger partial charge is 0.299 e. The van der Waals surface area contributed by atoms with E-state index >= 15 is 0 Å². The summed E-state index contributed by atoms with van der Waals surface area (Å²) < 4.78 is 0. The van der Waals surface area contributed by atoms with Gasteiger partial charge < -0.3 is 0 Å². The average molecular weight is 150 g/mol. The van der Waals surface area contributed by atoms with Crippen LogP contribution >= 0.6 is 0 Å². The Balaban J connectivity index is 1.99. The van der Waals surface area contributed by atoms with E-state index < -0.39 is 0 Å². The number of fused-ring (bicyclic) bond motifs is 1. The van der Waals surface area contributed by atoms with Crippen LogP contribution in [0, 0.1) is 23.7 Å². The molecule has 0 spiro atoms. The Bertz CT molecular complexity index is 209. The molecular weight excluding hydrogens is 136 g/mol. The number of ketones is 1. The summed E-state index contributed by atoms with van der Waals surface area (Å²) in [6.07, 6.45) is 6.36. The van der Waals surface area contributed by atoms with E-state index in [1.165, 1.54) is 25.7 Å². The lowest BCUT2D eigenvalue weighted by Gasteiger charge is -2.40. The number of carbonyl (C=O) groups excluding carboxylic acids is 1. The van der Waals surface area contributed by atoms with Crippen LogP contribution in [0.4, 0.5) is 0 Å². The minimum Gasteiger partial charge on any atom is -0.299 e. The molecule has 0 heterocycles. The quantitative estimate of drug-likeness (QED) is 0.516. The fraction of sp³-hybridized carbons (Fsp3) is 0.900. The molecule has 0 N–H and O–H groups in total. The molecule has 11 heavy (non-hydrogen) atoms. The summed E-state index contributed by atoms with van der Waals surface area (Å²) in [5, 5.41) is 0. The molecule has 0 radical (unpaired) electrons. The van der Waals surface area contributed by atoms with Gasteiger partial charge in [-0.2, -0.15) is 0 Å². The van der Waals surface area contributed by atoms with Gasteiger partial charge in [-0.3, -0.25) is 4.79 Å². The van der Waals surface area contributed by atoms with Crippen LogP contribution in [0.2, 0.25) is 0 Å². The van der Waals surface area contributed by atoms with Gasteiger partial charge in [0.15, 0.2) is 0 Å². The molecule has 4 saturated carbocycles. The second kappa shape index (κ2) is 1.88. The molecule has 0 amide bonds. The first kappa shape index (κ1) is 6.22. The molecule has 4 bridgehead atoms. The van der Waals surface area contributed by atoms with E-state index in [0.717, 1.165) is 24.2 Å². The Hall–Kier alpha value is -0.330. The SMILES string of the molecule is O=C1CC2C[C@@H]3CC[C@@H]2C1C3. The van der Waals surface area contributed by atoms with Crippen molar-refractivity contribution in [3.63, 3.8) is 0 Å². The molecule has 0 aliphatic heterocycles. The van der Waals surface area contributed by atoms with Crippen molar-refractivity contribution in [2.24, 2.45) is 23.7 Å². The molecule has 0 saturated heterocycles. The van der Waals surface area contributed by atoms with Gasteiger partial charge in [-0.25, -0.2) is 0 Å². The Labute approximate surface area is 67.2 Å². The van der Waals surface area contributed by atoms with Crippen LogP contribution < -0.4 is 0 Å². The lowest BCUT2D eigenvalue weighted by molar-refractivity contribution is -0.122. The summed E-state index contributed by atoms with van der Waals surface area (Å²) >= 11 is 0. The molecule has 0 aromatic rings. The van der Waals surface area contributed by atoms with Crippen LogP contribution in [0.5, 0.6) is 0 Å². The molecule has 4 rings (SSSR count). The summed E-state index contributed by atoms with van der Waals surface area (Å²) in [6, 6.07) is 0. The van der Waals surface area contributed by atoms with Crippen LogP contribution in [0.15, 0.2) is 0 Å². The van der Waals surface area contributed by atoms with Gasteiger partial charge in [-0.05, 0) is 37.0 Å². The van der Waals surface area contributed by atoms with Crippen LogP contribution in [-0.4, -0.2) is 5.78 Å². The number of rotatable bonds is 0. The molecule has 1 nitrogen and oxygen atoms in total. The summed E-state index contributed by atoms with van der Waals surface area (Å²) in [5.74, 6) is 3.70. The molecule has 0 aromatic carbocycles. The van der Waals surface area contributed by atoms with Crippen LogP contribution in [0.25, 0.3) is 0 Å². The van der Waals surface area contributed by atoms with E-state index in [0.29, 0.717) is 11.7 Å². The maximum absolute atomic E-state index is 11.4. The van der Waals surface area contributed by atoms with Crippen LogP contribution in [0.1, 0.15) is 32.1 Å². The fourth-order valence-electron chi connectivity index (χ4n) is 3.68. The monoisotopic (exact) mass is 150 g/mol. The van der Waals surface area contributed by atoms with Crippen molar-refractivity contribution in [1.29, 1.82) is 0 Å².